The van der Waals surface area contributed by atoms with E-state index in [1.54, 1.807) is 13.0 Å². The van der Waals surface area contributed by atoms with E-state index in [9.17, 15) is 8.78 Å². The third kappa shape index (κ3) is 1.78. The summed E-state index contributed by atoms with van der Waals surface area (Å²) in [4.78, 5) is 3.81. The Morgan fingerprint density at radius 2 is 2.08 bits per heavy atom. The second kappa shape index (κ2) is 3.17. The van der Waals surface area contributed by atoms with Crippen LogP contribution in [0.4, 0.5) is 8.78 Å². The summed E-state index contributed by atoms with van der Waals surface area (Å²) in [6.45, 7) is 3.23. The lowest BCUT2D eigenvalue weighted by Crippen LogP contribution is -2.11. The molecule has 1 aromatic rings. The van der Waals surface area contributed by atoms with Crippen LogP contribution in [0.1, 0.15) is 24.6 Å². The van der Waals surface area contributed by atoms with E-state index < -0.39 is 5.92 Å². The third-order valence-corrected chi connectivity index (χ3v) is 1.78. The average Bonchev–Trinajstić information content (AvgIpc) is 2.05. The number of nitrogens with zero attached hydrogens (tertiary/aromatic N) is 1. The van der Waals surface area contributed by atoms with Gasteiger partial charge in [-0.3, -0.25) is 4.98 Å². The number of hydrogen-bond donors (Lipinski definition) is 0. The van der Waals surface area contributed by atoms with E-state index in [2.05, 4.69) is 4.98 Å². The van der Waals surface area contributed by atoms with Gasteiger partial charge >= 0.3 is 0 Å². The molecule has 0 N–H and O–H groups in total. The zero-order chi connectivity index (χ0) is 9.19. The van der Waals surface area contributed by atoms with Gasteiger partial charge in [-0.25, -0.2) is 8.78 Å². The lowest BCUT2D eigenvalue weighted by Gasteiger charge is -2.13. The van der Waals surface area contributed by atoms with Gasteiger partial charge in [0.2, 0.25) is 0 Å². The van der Waals surface area contributed by atoms with Crippen LogP contribution in [0.2, 0.25) is 0 Å². The van der Waals surface area contributed by atoms with Gasteiger partial charge in [0.1, 0.15) is 0 Å². The van der Waals surface area contributed by atoms with Gasteiger partial charge in [-0.15, -0.1) is 0 Å². The van der Waals surface area contributed by atoms with Gasteiger partial charge in [0, 0.05) is 23.9 Å². The molecule has 1 aromatic heterocycles. The fraction of sp³-hybridized carbons (Fsp3) is 0.444. The first kappa shape index (κ1) is 9.10. The van der Waals surface area contributed by atoms with Crippen LogP contribution < -0.4 is 0 Å². The summed E-state index contributed by atoms with van der Waals surface area (Å²) in [6, 6.07) is 3.02. The van der Waals surface area contributed by atoms with Gasteiger partial charge in [0.15, 0.2) is 0 Å². The molecule has 1 heterocycles. The molecule has 1 rings (SSSR count). The second-order valence-corrected chi connectivity index (χ2v) is 2.75. The van der Waals surface area contributed by atoms with Crippen molar-refractivity contribution in [3.05, 3.63) is 29.6 Å². The number of aromatic nitrogens is 1. The minimum atomic E-state index is -2.74. The normalized spacial score (nSPS) is 11.7. The topological polar surface area (TPSA) is 12.9 Å². The van der Waals surface area contributed by atoms with Crippen molar-refractivity contribution < 1.29 is 8.78 Å². The molecule has 0 aliphatic rings. The van der Waals surface area contributed by atoms with E-state index in [4.69, 9.17) is 0 Å². The number of pyridine rings is 1. The van der Waals surface area contributed by atoms with Gasteiger partial charge in [-0.2, -0.15) is 0 Å². The summed E-state index contributed by atoms with van der Waals surface area (Å²) in [6.07, 6.45) is 1.05. The molecule has 0 saturated carbocycles. The average molecular weight is 171 g/mol. The largest absolute Gasteiger partial charge is 0.274 e. The first-order valence-corrected chi connectivity index (χ1v) is 3.87. The van der Waals surface area contributed by atoms with Gasteiger partial charge < -0.3 is 0 Å². The molecule has 0 bridgehead atoms. The first-order valence-electron chi connectivity index (χ1n) is 3.87. The fourth-order valence-corrected chi connectivity index (χ4v) is 0.888. The van der Waals surface area contributed by atoms with Gasteiger partial charge in [-0.1, -0.05) is 6.92 Å². The van der Waals surface area contributed by atoms with E-state index in [0.717, 1.165) is 5.69 Å². The van der Waals surface area contributed by atoms with Crippen LogP contribution in [-0.4, -0.2) is 4.98 Å². The highest BCUT2D eigenvalue weighted by molar-refractivity contribution is 5.17. The predicted octanol–water partition coefficient (Wildman–Crippen LogP) is 2.89. The molecule has 0 aliphatic heterocycles. The zero-order valence-electron chi connectivity index (χ0n) is 7.14. The monoisotopic (exact) mass is 171 g/mol. The van der Waals surface area contributed by atoms with Crippen molar-refractivity contribution in [2.24, 2.45) is 0 Å². The van der Waals surface area contributed by atoms with Crippen LogP contribution in [0.5, 0.6) is 0 Å². The number of hydrogen-bond acceptors (Lipinski definition) is 1. The van der Waals surface area contributed by atoms with Gasteiger partial charge in [0.05, 0.1) is 0 Å². The predicted molar refractivity (Wildman–Crippen MR) is 43.2 cm³/mol. The van der Waals surface area contributed by atoms with Crippen molar-refractivity contribution >= 4 is 0 Å². The minimum absolute atomic E-state index is 0.00407. The fourth-order valence-electron chi connectivity index (χ4n) is 0.888. The maximum atomic E-state index is 13.0. The van der Waals surface area contributed by atoms with Crippen molar-refractivity contribution in [3.63, 3.8) is 0 Å². The molecule has 0 saturated heterocycles. The molecule has 0 aromatic carbocycles. The van der Waals surface area contributed by atoms with Gasteiger partial charge in [0.25, 0.3) is 5.92 Å². The molecule has 0 radical (unpaired) electrons. The summed E-state index contributed by atoms with van der Waals surface area (Å²) in [5.74, 6) is -2.74. The Balaban J connectivity index is 2.96. The van der Waals surface area contributed by atoms with Crippen LogP contribution in [0.3, 0.4) is 0 Å². The summed E-state index contributed by atoms with van der Waals surface area (Å²) < 4.78 is 26.0. The highest BCUT2D eigenvalue weighted by Gasteiger charge is 2.28. The second-order valence-electron chi connectivity index (χ2n) is 2.75. The van der Waals surface area contributed by atoms with Crippen LogP contribution >= 0.6 is 0 Å². The SMILES string of the molecule is CCC(F)(F)c1ccc(C)nc1. The lowest BCUT2D eigenvalue weighted by atomic mass is 10.1. The van der Waals surface area contributed by atoms with Crippen molar-refractivity contribution in [2.45, 2.75) is 26.2 Å². The maximum Gasteiger partial charge on any atom is 0.274 e. The van der Waals surface area contributed by atoms with E-state index in [1.807, 2.05) is 0 Å². The van der Waals surface area contributed by atoms with E-state index in [1.165, 1.54) is 19.2 Å². The quantitative estimate of drug-likeness (QED) is 0.666. The number of aryl methyl sites for hydroxylation is 1. The molecular weight excluding hydrogens is 160 g/mol. The first-order chi connectivity index (χ1) is 5.56. The van der Waals surface area contributed by atoms with Crippen molar-refractivity contribution in [1.29, 1.82) is 0 Å². The summed E-state index contributed by atoms with van der Waals surface area (Å²) in [7, 11) is 0. The van der Waals surface area contributed by atoms with E-state index in [-0.39, 0.29) is 12.0 Å². The Hall–Kier alpha value is -0.990. The molecule has 0 aliphatic carbocycles. The Morgan fingerprint density at radius 1 is 1.42 bits per heavy atom. The van der Waals surface area contributed by atoms with E-state index >= 15 is 0 Å². The Morgan fingerprint density at radius 3 is 2.50 bits per heavy atom. The third-order valence-electron chi connectivity index (χ3n) is 1.78. The summed E-state index contributed by atoms with van der Waals surface area (Å²) in [5.41, 5.74) is 0.751. The highest BCUT2D eigenvalue weighted by atomic mass is 19.3. The Bertz CT molecular complexity index is 254. The molecule has 12 heavy (non-hydrogen) atoms. The van der Waals surface area contributed by atoms with Crippen LogP contribution in [0.25, 0.3) is 0 Å². The van der Waals surface area contributed by atoms with Crippen LogP contribution in [0.15, 0.2) is 18.3 Å². The molecule has 1 nitrogen and oxygen atoms in total. The molecule has 0 amide bonds. The highest BCUT2D eigenvalue weighted by Crippen LogP contribution is 2.30. The minimum Gasteiger partial charge on any atom is -0.261 e. The van der Waals surface area contributed by atoms with Crippen molar-refractivity contribution in [2.75, 3.05) is 0 Å². The van der Waals surface area contributed by atoms with Crippen molar-refractivity contribution in [1.82, 2.24) is 4.98 Å². The number of halogens is 2. The molecule has 66 valence electrons. The number of alkyl halides is 2. The number of rotatable bonds is 2. The van der Waals surface area contributed by atoms with Gasteiger partial charge in [-0.05, 0) is 19.1 Å². The Labute approximate surface area is 70.4 Å². The summed E-state index contributed by atoms with van der Waals surface area (Å²) >= 11 is 0. The molecule has 0 atom stereocenters. The van der Waals surface area contributed by atoms with Crippen LogP contribution in [-0.2, 0) is 5.92 Å². The standard InChI is InChI=1S/C9H11F2N/c1-3-9(10,11)8-5-4-7(2)12-6-8/h4-6H,3H2,1-2H3. The molecule has 0 unspecified atom stereocenters. The van der Waals surface area contributed by atoms with Crippen LogP contribution in [0, 0.1) is 6.92 Å². The Kier molecular flexibility index (Phi) is 2.40. The maximum absolute atomic E-state index is 13.0. The zero-order valence-corrected chi connectivity index (χ0v) is 7.14. The molecular formula is C9H11F2N. The smallest absolute Gasteiger partial charge is 0.261 e. The molecule has 0 fully saturated rings. The summed E-state index contributed by atoms with van der Waals surface area (Å²) in [5, 5.41) is 0. The van der Waals surface area contributed by atoms with E-state index in [0.29, 0.717) is 0 Å². The van der Waals surface area contributed by atoms with Crippen molar-refractivity contribution in [3.8, 4) is 0 Å². The molecule has 0 spiro atoms. The lowest BCUT2D eigenvalue weighted by molar-refractivity contribution is -0.00862. The molecule has 3 heteroatoms.